The SMILES string of the molecule is CN(C)C=CC(=C(C#N)C(N)=O)c1ccc(Cl)cc1. The molecule has 0 radical (unpaired) electrons. The Morgan fingerprint density at radius 3 is 2.37 bits per heavy atom. The highest BCUT2D eigenvalue weighted by molar-refractivity contribution is 6.30. The van der Waals surface area contributed by atoms with Crippen molar-refractivity contribution in [1.82, 2.24) is 4.90 Å². The molecule has 1 amide bonds. The molecule has 0 atom stereocenters. The summed E-state index contributed by atoms with van der Waals surface area (Å²) in [5.74, 6) is -0.754. The second kappa shape index (κ2) is 6.62. The molecule has 0 aliphatic rings. The Kier molecular flexibility index (Phi) is 5.16. The highest BCUT2D eigenvalue weighted by Gasteiger charge is 2.12. The van der Waals surface area contributed by atoms with Crippen molar-refractivity contribution >= 4 is 23.1 Å². The standard InChI is InChI=1S/C14H14ClN3O/c1-18(2)8-7-12(13(9-16)14(17)19)10-3-5-11(15)6-4-10/h3-8H,1-2H3,(H2,17,19). The monoisotopic (exact) mass is 275 g/mol. The second-order valence-corrected chi connectivity index (χ2v) is 4.49. The van der Waals surface area contributed by atoms with E-state index in [2.05, 4.69) is 0 Å². The van der Waals surface area contributed by atoms with Gasteiger partial charge < -0.3 is 10.6 Å². The Labute approximate surface area is 117 Å². The average molecular weight is 276 g/mol. The molecule has 0 fully saturated rings. The lowest BCUT2D eigenvalue weighted by molar-refractivity contribution is -0.114. The van der Waals surface area contributed by atoms with Crippen molar-refractivity contribution in [2.45, 2.75) is 0 Å². The molecule has 2 N–H and O–H groups in total. The molecule has 1 aromatic rings. The lowest BCUT2D eigenvalue weighted by atomic mass is 10.00. The number of rotatable bonds is 4. The smallest absolute Gasteiger partial charge is 0.259 e. The van der Waals surface area contributed by atoms with E-state index in [9.17, 15) is 4.79 Å². The van der Waals surface area contributed by atoms with Gasteiger partial charge in [0.2, 0.25) is 0 Å². The quantitative estimate of drug-likeness (QED) is 0.520. The van der Waals surface area contributed by atoms with Crippen LogP contribution in [0.1, 0.15) is 5.56 Å². The van der Waals surface area contributed by atoms with E-state index in [0.29, 0.717) is 16.2 Å². The molecule has 19 heavy (non-hydrogen) atoms. The second-order valence-electron chi connectivity index (χ2n) is 4.05. The van der Waals surface area contributed by atoms with E-state index in [-0.39, 0.29) is 5.57 Å². The number of hydrogen-bond acceptors (Lipinski definition) is 3. The summed E-state index contributed by atoms with van der Waals surface area (Å²) < 4.78 is 0. The Morgan fingerprint density at radius 2 is 1.95 bits per heavy atom. The molecule has 0 spiro atoms. The first kappa shape index (κ1) is 14.8. The number of carbonyl (C=O) groups is 1. The van der Waals surface area contributed by atoms with Crippen LogP contribution in [0.2, 0.25) is 5.02 Å². The van der Waals surface area contributed by atoms with Gasteiger partial charge in [-0.3, -0.25) is 4.79 Å². The largest absolute Gasteiger partial charge is 0.383 e. The van der Waals surface area contributed by atoms with Gasteiger partial charge in [-0.05, 0) is 30.0 Å². The van der Waals surface area contributed by atoms with Crippen molar-refractivity contribution in [2.24, 2.45) is 5.73 Å². The van der Waals surface area contributed by atoms with Crippen molar-refractivity contribution in [3.63, 3.8) is 0 Å². The molecule has 0 aliphatic heterocycles. The van der Waals surface area contributed by atoms with Crippen LogP contribution in [-0.2, 0) is 4.79 Å². The van der Waals surface area contributed by atoms with Gasteiger partial charge in [0.15, 0.2) is 0 Å². The number of allylic oxidation sites excluding steroid dienone is 2. The van der Waals surface area contributed by atoms with Crippen LogP contribution in [0, 0.1) is 11.3 Å². The molecule has 0 saturated heterocycles. The number of halogens is 1. The van der Waals surface area contributed by atoms with Crippen LogP contribution in [0.3, 0.4) is 0 Å². The molecule has 0 unspecified atom stereocenters. The zero-order chi connectivity index (χ0) is 14.4. The van der Waals surface area contributed by atoms with Crippen LogP contribution in [0.5, 0.6) is 0 Å². The van der Waals surface area contributed by atoms with Gasteiger partial charge >= 0.3 is 0 Å². The van der Waals surface area contributed by atoms with E-state index in [1.807, 2.05) is 20.2 Å². The molecule has 0 aromatic heterocycles. The summed E-state index contributed by atoms with van der Waals surface area (Å²) in [6.45, 7) is 0. The number of primary amides is 1. The van der Waals surface area contributed by atoms with Crippen LogP contribution >= 0.6 is 11.6 Å². The fourth-order valence-electron chi connectivity index (χ4n) is 1.43. The normalized spacial score (nSPS) is 11.9. The molecule has 98 valence electrons. The van der Waals surface area contributed by atoms with Crippen LogP contribution in [0.4, 0.5) is 0 Å². The summed E-state index contributed by atoms with van der Waals surface area (Å²) in [7, 11) is 3.68. The van der Waals surface area contributed by atoms with Crippen molar-refractivity contribution in [3.05, 3.63) is 52.7 Å². The van der Waals surface area contributed by atoms with Gasteiger partial charge in [0.25, 0.3) is 5.91 Å². The summed E-state index contributed by atoms with van der Waals surface area (Å²) in [5, 5.41) is 9.65. The zero-order valence-corrected chi connectivity index (χ0v) is 11.5. The third kappa shape index (κ3) is 4.16. The lowest BCUT2D eigenvalue weighted by Gasteiger charge is -2.08. The third-order valence-corrected chi connectivity index (χ3v) is 2.57. The van der Waals surface area contributed by atoms with E-state index in [0.717, 1.165) is 0 Å². The number of benzene rings is 1. The van der Waals surface area contributed by atoms with E-state index in [1.54, 1.807) is 41.4 Å². The first-order valence-electron chi connectivity index (χ1n) is 5.50. The Bertz CT molecular complexity index is 565. The number of nitrogens with two attached hydrogens (primary N) is 1. The van der Waals surface area contributed by atoms with Gasteiger partial charge in [0, 0.05) is 24.7 Å². The molecule has 0 bridgehead atoms. The summed E-state index contributed by atoms with van der Waals surface area (Å²) >= 11 is 5.82. The molecule has 0 saturated carbocycles. The molecule has 4 nitrogen and oxygen atoms in total. The highest BCUT2D eigenvalue weighted by atomic mass is 35.5. The maximum atomic E-state index is 11.3. The Hall–Kier alpha value is -2.25. The van der Waals surface area contributed by atoms with E-state index in [1.165, 1.54) is 0 Å². The Morgan fingerprint density at radius 1 is 1.37 bits per heavy atom. The van der Waals surface area contributed by atoms with E-state index in [4.69, 9.17) is 22.6 Å². The van der Waals surface area contributed by atoms with Gasteiger partial charge in [-0.25, -0.2) is 0 Å². The summed E-state index contributed by atoms with van der Waals surface area (Å²) in [6.07, 6.45) is 3.41. The molecule has 0 aliphatic carbocycles. The van der Waals surface area contributed by atoms with Crippen molar-refractivity contribution in [3.8, 4) is 6.07 Å². The minimum Gasteiger partial charge on any atom is -0.383 e. The maximum Gasteiger partial charge on any atom is 0.259 e. The van der Waals surface area contributed by atoms with Crippen LogP contribution in [0.15, 0.2) is 42.1 Å². The molecular weight excluding hydrogens is 262 g/mol. The molecular formula is C14H14ClN3O. The number of amides is 1. The van der Waals surface area contributed by atoms with E-state index < -0.39 is 5.91 Å². The lowest BCUT2D eigenvalue weighted by Crippen LogP contribution is -2.14. The summed E-state index contributed by atoms with van der Waals surface area (Å²) in [5.41, 5.74) is 6.32. The van der Waals surface area contributed by atoms with Crippen LogP contribution in [-0.4, -0.2) is 24.9 Å². The zero-order valence-electron chi connectivity index (χ0n) is 10.7. The van der Waals surface area contributed by atoms with Crippen LogP contribution in [0.25, 0.3) is 5.57 Å². The fraction of sp³-hybridized carbons (Fsp3) is 0.143. The molecule has 5 heteroatoms. The molecule has 0 heterocycles. The summed E-state index contributed by atoms with van der Waals surface area (Å²) in [4.78, 5) is 13.1. The highest BCUT2D eigenvalue weighted by Crippen LogP contribution is 2.22. The first-order valence-corrected chi connectivity index (χ1v) is 5.88. The van der Waals surface area contributed by atoms with Crippen molar-refractivity contribution in [1.29, 1.82) is 5.26 Å². The van der Waals surface area contributed by atoms with Gasteiger partial charge in [0.05, 0.1) is 0 Å². The minimum atomic E-state index is -0.754. The van der Waals surface area contributed by atoms with Gasteiger partial charge in [-0.2, -0.15) is 5.26 Å². The van der Waals surface area contributed by atoms with Gasteiger partial charge in [-0.1, -0.05) is 23.7 Å². The first-order chi connectivity index (χ1) is 8.95. The number of hydrogen-bond donors (Lipinski definition) is 1. The maximum absolute atomic E-state index is 11.3. The predicted molar refractivity (Wildman–Crippen MR) is 76.0 cm³/mol. The summed E-state index contributed by atoms with van der Waals surface area (Å²) in [6, 6.07) is 8.69. The minimum absolute atomic E-state index is 0.0829. The number of carbonyl (C=O) groups excluding carboxylic acids is 1. The van der Waals surface area contributed by atoms with Crippen LogP contribution < -0.4 is 5.73 Å². The van der Waals surface area contributed by atoms with Crippen molar-refractivity contribution < 1.29 is 4.79 Å². The van der Waals surface area contributed by atoms with Gasteiger partial charge in [-0.15, -0.1) is 0 Å². The van der Waals surface area contributed by atoms with Gasteiger partial charge in [0.1, 0.15) is 11.6 Å². The predicted octanol–water partition coefficient (Wildman–Crippen LogP) is 2.18. The molecule has 1 aromatic carbocycles. The molecule has 1 rings (SSSR count). The number of nitrogens with zero attached hydrogens (tertiary/aromatic N) is 2. The number of nitriles is 1. The fourth-order valence-corrected chi connectivity index (χ4v) is 1.55. The topological polar surface area (TPSA) is 70.1 Å². The Balaban J connectivity index is 3.39. The third-order valence-electron chi connectivity index (χ3n) is 2.32. The average Bonchev–Trinajstić information content (AvgIpc) is 2.35. The van der Waals surface area contributed by atoms with Crippen molar-refractivity contribution in [2.75, 3.05) is 14.1 Å². The van der Waals surface area contributed by atoms with E-state index >= 15 is 0 Å².